The summed E-state index contributed by atoms with van der Waals surface area (Å²) in [6.45, 7) is 3.85. The Morgan fingerprint density at radius 1 is 1.11 bits per heavy atom. The molecule has 3 saturated heterocycles. The van der Waals surface area contributed by atoms with Crippen molar-refractivity contribution < 1.29 is 24.2 Å². The van der Waals surface area contributed by atoms with Gasteiger partial charge in [-0.3, -0.25) is 14.4 Å². The van der Waals surface area contributed by atoms with E-state index in [2.05, 4.69) is 10.6 Å². The number of aliphatic hydroxyl groups is 1. The van der Waals surface area contributed by atoms with Gasteiger partial charge in [-0.05, 0) is 43.4 Å². The van der Waals surface area contributed by atoms with Crippen LogP contribution in [0.3, 0.4) is 0 Å². The summed E-state index contributed by atoms with van der Waals surface area (Å²) in [6.07, 6.45) is 2.03. The van der Waals surface area contributed by atoms with Crippen LogP contribution >= 0.6 is 11.6 Å². The minimum Gasteiger partial charge on any atom is -0.394 e. The van der Waals surface area contributed by atoms with Gasteiger partial charge in [-0.15, -0.1) is 0 Å². The molecule has 3 aliphatic rings. The molecule has 0 radical (unpaired) electrons. The number of para-hydroxylation sites is 1. The smallest absolute Gasteiger partial charge is 0.250 e. The second-order valence-electron chi connectivity index (χ2n) is 10.5. The predicted molar refractivity (Wildman–Crippen MR) is 143 cm³/mol. The number of nitrogens with one attached hydrogen (secondary N) is 2. The molecule has 0 aliphatic carbocycles. The van der Waals surface area contributed by atoms with Gasteiger partial charge in [0.15, 0.2) is 0 Å². The summed E-state index contributed by atoms with van der Waals surface area (Å²) in [5.74, 6) is -2.57. The van der Waals surface area contributed by atoms with Crippen molar-refractivity contribution in [3.05, 3.63) is 65.2 Å². The van der Waals surface area contributed by atoms with Crippen molar-refractivity contribution in [1.29, 1.82) is 0 Å². The Balaban J connectivity index is 1.52. The Bertz CT molecular complexity index is 1220. The first-order valence-corrected chi connectivity index (χ1v) is 13.7. The summed E-state index contributed by atoms with van der Waals surface area (Å²) in [5.41, 5.74) is -0.626. The fraction of sp³-hybridized carbons (Fsp3) is 0.483. The topological polar surface area (TPSA) is 108 Å². The largest absolute Gasteiger partial charge is 0.394 e. The van der Waals surface area contributed by atoms with E-state index in [0.717, 1.165) is 5.56 Å². The van der Waals surface area contributed by atoms with E-state index in [1.807, 2.05) is 44.2 Å². The van der Waals surface area contributed by atoms with Crippen molar-refractivity contribution in [3.63, 3.8) is 0 Å². The number of fused-ring (bicyclic) bond motifs is 1. The van der Waals surface area contributed by atoms with Crippen LogP contribution < -0.4 is 10.6 Å². The molecule has 9 heteroatoms. The van der Waals surface area contributed by atoms with E-state index in [4.69, 9.17) is 16.3 Å². The second kappa shape index (κ2) is 10.3. The number of hydrogen-bond donors (Lipinski definition) is 3. The average Bonchev–Trinajstić information content (AvgIpc) is 3.54. The maximum atomic E-state index is 14.2. The van der Waals surface area contributed by atoms with Gasteiger partial charge in [0.1, 0.15) is 11.6 Å². The van der Waals surface area contributed by atoms with E-state index < -0.39 is 41.0 Å². The molecule has 202 valence electrons. The normalized spacial score (nSPS) is 30.3. The first-order valence-electron chi connectivity index (χ1n) is 13.3. The number of anilines is 1. The van der Waals surface area contributed by atoms with E-state index in [0.29, 0.717) is 42.9 Å². The van der Waals surface area contributed by atoms with Crippen molar-refractivity contribution in [1.82, 2.24) is 10.2 Å². The van der Waals surface area contributed by atoms with Crippen LogP contribution in [-0.4, -0.2) is 57.6 Å². The molecule has 2 aromatic rings. The number of carbonyl (C=O) groups is 3. The molecule has 2 aromatic carbocycles. The van der Waals surface area contributed by atoms with E-state index in [9.17, 15) is 19.5 Å². The molecule has 0 saturated carbocycles. The Morgan fingerprint density at radius 2 is 1.82 bits per heavy atom. The van der Waals surface area contributed by atoms with Crippen molar-refractivity contribution >= 4 is 35.0 Å². The fourth-order valence-electron chi connectivity index (χ4n) is 6.82. The molecule has 2 bridgehead atoms. The highest BCUT2D eigenvalue weighted by molar-refractivity contribution is 6.33. The van der Waals surface area contributed by atoms with E-state index >= 15 is 0 Å². The van der Waals surface area contributed by atoms with Crippen LogP contribution in [0.15, 0.2) is 54.6 Å². The number of amides is 3. The second-order valence-corrected chi connectivity index (χ2v) is 10.9. The van der Waals surface area contributed by atoms with Gasteiger partial charge in [-0.25, -0.2) is 0 Å². The van der Waals surface area contributed by atoms with Crippen molar-refractivity contribution in [2.24, 2.45) is 11.8 Å². The molecule has 3 N–H and O–H groups in total. The molecule has 3 heterocycles. The number of carbonyl (C=O) groups excluding carboxylic acids is 3. The Morgan fingerprint density at radius 3 is 2.47 bits per heavy atom. The first-order chi connectivity index (χ1) is 18.3. The van der Waals surface area contributed by atoms with Gasteiger partial charge in [0.2, 0.25) is 17.7 Å². The molecule has 3 fully saturated rings. The van der Waals surface area contributed by atoms with Crippen LogP contribution in [0, 0.1) is 11.8 Å². The van der Waals surface area contributed by atoms with Crippen LogP contribution in [0.1, 0.15) is 45.1 Å². The zero-order chi connectivity index (χ0) is 27.1. The van der Waals surface area contributed by atoms with Crippen LogP contribution in [-0.2, 0) is 25.7 Å². The summed E-state index contributed by atoms with van der Waals surface area (Å²) >= 11 is 6.32. The van der Waals surface area contributed by atoms with E-state index in [1.54, 1.807) is 24.3 Å². The molecule has 0 aromatic heterocycles. The minimum atomic E-state index is -1.17. The van der Waals surface area contributed by atoms with Gasteiger partial charge in [0, 0.05) is 6.54 Å². The van der Waals surface area contributed by atoms with Crippen molar-refractivity contribution in [2.45, 2.75) is 69.4 Å². The van der Waals surface area contributed by atoms with Gasteiger partial charge >= 0.3 is 0 Å². The number of hydrogen-bond acceptors (Lipinski definition) is 5. The first kappa shape index (κ1) is 26.7. The highest BCUT2D eigenvalue weighted by Gasteiger charge is 2.79. The lowest BCUT2D eigenvalue weighted by molar-refractivity contribution is -0.149. The molecule has 3 aliphatic heterocycles. The number of likely N-dealkylation sites (tertiary alicyclic amines) is 1. The SMILES string of the molecule is CC[C@@H](CO)N1C(=O)[C@@H]2[C@@H](C(=O)NCc3ccccc3)[C@@]3(CC)CCC2(O3)C1C(=O)Nc1ccccc1Cl. The van der Waals surface area contributed by atoms with Gasteiger partial charge in [0.25, 0.3) is 0 Å². The summed E-state index contributed by atoms with van der Waals surface area (Å²) in [5, 5.41) is 16.5. The lowest BCUT2D eigenvalue weighted by Crippen LogP contribution is -2.56. The van der Waals surface area contributed by atoms with Gasteiger partial charge in [-0.2, -0.15) is 0 Å². The molecular formula is C29H34ClN3O5. The third-order valence-electron chi connectivity index (χ3n) is 8.67. The zero-order valence-electron chi connectivity index (χ0n) is 21.7. The maximum Gasteiger partial charge on any atom is 0.250 e. The minimum absolute atomic E-state index is 0.250. The standard InChI is InChI=1S/C29H34ClN3O5/c1-3-19(17-34)33-24(26(36)32-21-13-9-8-12-20(21)30)29-15-14-28(4-2,38-29)22(23(29)27(33)37)25(35)31-16-18-10-6-5-7-11-18/h5-13,19,22-24,34H,3-4,14-17H2,1-2H3,(H,31,35)(H,32,36)/t19-,22-,23-,24?,28+,29?/m0/s1. The molecule has 6 atom stereocenters. The quantitative estimate of drug-likeness (QED) is 0.452. The van der Waals surface area contributed by atoms with Gasteiger partial charge < -0.3 is 25.4 Å². The Hall–Kier alpha value is -2.94. The van der Waals surface area contributed by atoms with Crippen LogP contribution in [0.2, 0.25) is 5.02 Å². The number of benzene rings is 2. The highest BCUT2D eigenvalue weighted by atomic mass is 35.5. The monoisotopic (exact) mass is 539 g/mol. The van der Waals surface area contributed by atoms with Gasteiger partial charge in [0.05, 0.1) is 40.8 Å². The number of halogens is 1. The van der Waals surface area contributed by atoms with Crippen LogP contribution in [0.5, 0.6) is 0 Å². The zero-order valence-corrected chi connectivity index (χ0v) is 22.4. The lowest BCUT2D eigenvalue weighted by atomic mass is 9.65. The van der Waals surface area contributed by atoms with Crippen molar-refractivity contribution in [2.75, 3.05) is 11.9 Å². The molecule has 5 rings (SSSR count). The van der Waals surface area contributed by atoms with E-state index in [-0.39, 0.29) is 18.4 Å². The molecule has 1 spiro atoms. The van der Waals surface area contributed by atoms with Crippen LogP contribution in [0.25, 0.3) is 0 Å². The number of aliphatic hydroxyl groups excluding tert-OH is 1. The average molecular weight is 540 g/mol. The molecular weight excluding hydrogens is 506 g/mol. The molecule has 38 heavy (non-hydrogen) atoms. The Kier molecular flexibility index (Phi) is 7.24. The Labute approximate surface area is 227 Å². The third kappa shape index (κ3) is 4.10. The van der Waals surface area contributed by atoms with Crippen LogP contribution in [0.4, 0.5) is 5.69 Å². The predicted octanol–water partition coefficient (Wildman–Crippen LogP) is 3.52. The number of rotatable bonds is 9. The fourth-order valence-corrected chi connectivity index (χ4v) is 7.00. The summed E-state index contributed by atoms with van der Waals surface area (Å²) < 4.78 is 6.75. The number of nitrogens with zero attached hydrogens (tertiary/aromatic N) is 1. The van der Waals surface area contributed by atoms with Gasteiger partial charge in [-0.1, -0.05) is 67.9 Å². The lowest BCUT2D eigenvalue weighted by Gasteiger charge is -2.37. The molecule has 8 nitrogen and oxygen atoms in total. The summed E-state index contributed by atoms with van der Waals surface area (Å²) in [6, 6.07) is 14.9. The van der Waals surface area contributed by atoms with Crippen molar-refractivity contribution in [3.8, 4) is 0 Å². The number of ether oxygens (including phenoxy) is 1. The summed E-state index contributed by atoms with van der Waals surface area (Å²) in [4.78, 5) is 43.3. The third-order valence-corrected chi connectivity index (χ3v) is 9.00. The van der Waals surface area contributed by atoms with E-state index in [1.165, 1.54) is 4.90 Å². The molecule has 3 amide bonds. The maximum absolute atomic E-state index is 14.2. The molecule has 2 unspecified atom stereocenters. The highest BCUT2D eigenvalue weighted by Crippen LogP contribution is 2.64. The summed E-state index contributed by atoms with van der Waals surface area (Å²) in [7, 11) is 0.